The van der Waals surface area contributed by atoms with E-state index in [-0.39, 0.29) is 5.38 Å². The molecule has 2 aromatic rings. The molecular formula is C14H14BrClS. The van der Waals surface area contributed by atoms with Gasteiger partial charge in [0.05, 0.1) is 5.38 Å². The normalized spacial score (nSPS) is 14.5. The van der Waals surface area contributed by atoms with E-state index in [1.165, 1.54) is 10.4 Å². The van der Waals surface area contributed by atoms with Gasteiger partial charge < -0.3 is 0 Å². The van der Waals surface area contributed by atoms with Crippen LogP contribution >= 0.6 is 38.9 Å². The van der Waals surface area contributed by atoms with Crippen LogP contribution < -0.4 is 0 Å². The lowest BCUT2D eigenvalue weighted by molar-refractivity contribution is 0.563. The summed E-state index contributed by atoms with van der Waals surface area (Å²) in [7, 11) is 0. The van der Waals surface area contributed by atoms with Crippen molar-refractivity contribution in [3.8, 4) is 0 Å². The number of rotatable bonds is 4. The molecule has 0 saturated heterocycles. The standard InChI is InChI=1S/C14H14BrClS/c1-10(7-13-8-12(15)9-17-13)14(16)11-5-3-2-4-6-11/h2-6,8-10,14H,7H2,1H3. The van der Waals surface area contributed by atoms with Crippen molar-refractivity contribution in [2.24, 2.45) is 5.92 Å². The van der Waals surface area contributed by atoms with Crippen molar-refractivity contribution in [2.75, 3.05) is 0 Å². The first-order valence-electron chi connectivity index (χ1n) is 5.58. The van der Waals surface area contributed by atoms with Crippen molar-refractivity contribution in [3.05, 3.63) is 56.7 Å². The first kappa shape index (κ1) is 13.1. The highest BCUT2D eigenvalue weighted by atomic mass is 79.9. The third kappa shape index (κ3) is 3.57. The molecule has 1 heterocycles. The lowest BCUT2D eigenvalue weighted by Crippen LogP contribution is -2.06. The predicted octanol–water partition coefficient (Wildman–Crippen LogP) is 5.67. The molecule has 0 bridgehead atoms. The molecule has 1 aromatic carbocycles. The van der Waals surface area contributed by atoms with Gasteiger partial charge in [-0.3, -0.25) is 0 Å². The Labute approximate surface area is 120 Å². The number of hydrogen-bond donors (Lipinski definition) is 0. The second-order valence-electron chi connectivity index (χ2n) is 4.23. The molecule has 2 rings (SSSR count). The average molecular weight is 330 g/mol. The zero-order valence-electron chi connectivity index (χ0n) is 9.57. The van der Waals surface area contributed by atoms with E-state index >= 15 is 0 Å². The van der Waals surface area contributed by atoms with Gasteiger partial charge in [0.2, 0.25) is 0 Å². The fourth-order valence-electron chi connectivity index (χ4n) is 1.85. The molecule has 0 spiro atoms. The van der Waals surface area contributed by atoms with Gasteiger partial charge in [-0.25, -0.2) is 0 Å². The highest BCUT2D eigenvalue weighted by molar-refractivity contribution is 9.10. The van der Waals surface area contributed by atoms with Crippen molar-refractivity contribution >= 4 is 38.9 Å². The van der Waals surface area contributed by atoms with E-state index in [2.05, 4.69) is 46.4 Å². The van der Waals surface area contributed by atoms with Gasteiger partial charge in [-0.1, -0.05) is 37.3 Å². The summed E-state index contributed by atoms with van der Waals surface area (Å²) in [5, 5.41) is 2.20. The molecule has 2 unspecified atom stereocenters. The Hall–Kier alpha value is -0.310. The van der Waals surface area contributed by atoms with Gasteiger partial charge in [-0.15, -0.1) is 22.9 Å². The summed E-state index contributed by atoms with van der Waals surface area (Å²) in [5.41, 5.74) is 1.21. The summed E-state index contributed by atoms with van der Waals surface area (Å²) in [5.74, 6) is 0.435. The van der Waals surface area contributed by atoms with E-state index in [4.69, 9.17) is 11.6 Å². The van der Waals surface area contributed by atoms with Gasteiger partial charge >= 0.3 is 0 Å². The van der Waals surface area contributed by atoms with Crippen LogP contribution in [0.5, 0.6) is 0 Å². The monoisotopic (exact) mass is 328 g/mol. The number of thiophene rings is 1. The summed E-state index contributed by atoms with van der Waals surface area (Å²) in [6, 6.07) is 12.5. The van der Waals surface area contributed by atoms with Crippen molar-refractivity contribution < 1.29 is 0 Å². The van der Waals surface area contributed by atoms with E-state index in [0.29, 0.717) is 5.92 Å². The van der Waals surface area contributed by atoms with E-state index in [1.807, 2.05) is 18.2 Å². The molecular weight excluding hydrogens is 316 g/mol. The Kier molecular flexibility index (Phi) is 4.66. The van der Waals surface area contributed by atoms with Gasteiger partial charge in [0, 0.05) is 14.7 Å². The van der Waals surface area contributed by atoms with Gasteiger partial charge in [0.25, 0.3) is 0 Å². The first-order valence-corrected chi connectivity index (χ1v) is 7.69. The number of hydrogen-bond acceptors (Lipinski definition) is 1. The molecule has 17 heavy (non-hydrogen) atoms. The van der Waals surface area contributed by atoms with Crippen molar-refractivity contribution in [1.82, 2.24) is 0 Å². The SMILES string of the molecule is CC(Cc1cc(Br)cs1)C(Cl)c1ccccc1. The molecule has 0 aliphatic carbocycles. The minimum Gasteiger partial charge on any atom is -0.148 e. The summed E-state index contributed by atoms with van der Waals surface area (Å²) in [6.07, 6.45) is 1.03. The molecule has 0 amide bonds. The predicted molar refractivity (Wildman–Crippen MR) is 79.9 cm³/mol. The van der Waals surface area contributed by atoms with E-state index < -0.39 is 0 Å². The molecule has 0 nitrogen and oxygen atoms in total. The van der Waals surface area contributed by atoms with Gasteiger partial charge in [0.1, 0.15) is 0 Å². The van der Waals surface area contributed by atoms with Crippen LogP contribution in [0.25, 0.3) is 0 Å². The van der Waals surface area contributed by atoms with Crippen molar-refractivity contribution in [3.63, 3.8) is 0 Å². The maximum atomic E-state index is 6.51. The number of halogens is 2. The molecule has 1 aromatic heterocycles. The van der Waals surface area contributed by atoms with Crippen LogP contribution in [0.3, 0.4) is 0 Å². The second-order valence-corrected chi connectivity index (χ2v) is 6.61. The number of benzene rings is 1. The zero-order valence-corrected chi connectivity index (χ0v) is 12.7. The van der Waals surface area contributed by atoms with E-state index in [1.54, 1.807) is 11.3 Å². The van der Waals surface area contributed by atoms with Crippen LogP contribution in [0.2, 0.25) is 0 Å². The highest BCUT2D eigenvalue weighted by Crippen LogP contribution is 2.32. The molecule has 2 atom stereocenters. The summed E-state index contributed by atoms with van der Waals surface area (Å²) < 4.78 is 1.16. The molecule has 0 N–H and O–H groups in total. The molecule has 90 valence electrons. The van der Waals surface area contributed by atoms with Crippen LogP contribution in [0.15, 0.2) is 46.3 Å². The molecule has 3 heteroatoms. The summed E-state index contributed by atoms with van der Waals surface area (Å²) >= 11 is 11.8. The summed E-state index contributed by atoms with van der Waals surface area (Å²) in [4.78, 5) is 1.38. The van der Waals surface area contributed by atoms with Crippen LogP contribution in [-0.4, -0.2) is 0 Å². The Morgan fingerprint density at radius 3 is 2.59 bits per heavy atom. The third-order valence-electron chi connectivity index (χ3n) is 2.76. The van der Waals surface area contributed by atoms with Gasteiger partial charge in [-0.05, 0) is 39.9 Å². The first-order chi connectivity index (χ1) is 8.16. The van der Waals surface area contributed by atoms with Gasteiger partial charge in [-0.2, -0.15) is 0 Å². The quantitative estimate of drug-likeness (QED) is 0.634. The lowest BCUT2D eigenvalue weighted by atomic mass is 9.97. The lowest BCUT2D eigenvalue weighted by Gasteiger charge is -2.17. The Morgan fingerprint density at radius 1 is 1.29 bits per heavy atom. The van der Waals surface area contributed by atoms with Crippen molar-refractivity contribution in [2.45, 2.75) is 18.7 Å². The van der Waals surface area contributed by atoms with Gasteiger partial charge in [0.15, 0.2) is 0 Å². The zero-order chi connectivity index (χ0) is 12.3. The Bertz CT molecular complexity index is 466. The van der Waals surface area contributed by atoms with Crippen LogP contribution in [0.4, 0.5) is 0 Å². The maximum Gasteiger partial charge on any atom is 0.0614 e. The smallest absolute Gasteiger partial charge is 0.0614 e. The Balaban J connectivity index is 2.03. The van der Waals surface area contributed by atoms with Crippen LogP contribution in [0.1, 0.15) is 22.7 Å². The molecule has 0 aliphatic rings. The largest absolute Gasteiger partial charge is 0.148 e. The third-order valence-corrected chi connectivity index (χ3v) is 5.16. The topological polar surface area (TPSA) is 0 Å². The minimum atomic E-state index is 0.0806. The maximum absolute atomic E-state index is 6.51. The van der Waals surface area contributed by atoms with Crippen molar-refractivity contribution in [1.29, 1.82) is 0 Å². The Morgan fingerprint density at radius 2 is 2.00 bits per heavy atom. The fourth-order valence-corrected chi connectivity index (χ4v) is 3.68. The number of alkyl halides is 1. The highest BCUT2D eigenvalue weighted by Gasteiger charge is 2.17. The molecule has 0 fully saturated rings. The minimum absolute atomic E-state index is 0.0806. The second kappa shape index (κ2) is 6.03. The fraction of sp³-hybridized carbons (Fsp3) is 0.286. The molecule has 0 aliphatic heterocycles. The molecule has 0 radical (unpaired) electrons. The summed E-state index contributed by atoms with van der Waals surface area (Å²) in [6.45, 7) is 2.21. The molecule has 0 saturated carbocycles. The van der Waals surface area contributed by atoms with Crippen LogP contribution in [0, 0.1) is 5.92 Å². The van der Waals surface area contributed by atoms with Crippen LogP contribution in [-0.2, 0) is 6.42 Å². The van der Waals surface area contributed by atoms with E-state index in [9.17, 15) is 0 Å². The average Bonchev–Trinajstić information content (AvgIpc) is 2.75. The van der Waals surface area contributed by atoms with E-state index in [0.717, 1.165) is 10.9 Å².